The molecule has 0 spiro atoms. The van der Waals surface area contributed by atoms with Crippen molar-refractivity contribution in [3.05, 3.63) is 0 Å². The average Bonchev–Trinajstić information content (AvgIpc) is 2.76. The Morgan fingerprint density at radius 3 is 2.00 bits per heavy atom. The summed E-state index contributed by atoms with van der Waals surface area (Å²) in [6, 6.07) is -0.847. The molecule has 1 fully saturated rings. The lowest BCUT2D eigenvalue weighted by molar-refractivity contribution is -0.136. The van der Waals surface area contributed by atoms with E-state index in [1.807, 2.05) is 13.8 Å². The number of hydrogen-bond acceptors (Lipinski definition) is 4. The number of carbonyl (C=O) groups excluding carboxylic acids is 3. The summed E-state index contributed by atoms with van der Waals surface area (Å²) in [6.07, 6.45) is 2.64. The fourth-order valence-corrected chi connectivity index (χ4v) is 1.77. The third-order valence-electron chi connectivity index (χ3n) is 3.01. The third-order valence-corrected chi connectivity index (χ3v) is 3.01. The molecule has 0 aromatic rings. The normalized spacial score (nSPS) is 17.4. The topological polar surface area (TPSA) is 133 Å². The molecule has 2 atom stereocenters. The molecule has 0 bridgehead atoms. The highest BCUT2D eigenvalue weighted by molar-refractivity contribution is 5.87. The summed E-state index contributed by atoms with van der Waals surface area (Å²) in [5, 5.41) is 0. The number of likely N-dealkylation sites (tertiary alicyclic amines) is 1. The van der Waals surface area contributed by atoms with Crippen LogP contribution in [0.25, 0.3) is 0 Å². The van der Waals surface area contributed by atoms with Crippen molar-refractivity contribution in [3.63, 3.8) is 0 Å². The van der Waals surface area contributed by atoms with Crippen molar-refractivity contribution in [1.82, 2.24) is 4.90 Å². The van der Waals surface area contributed by atoms with Crippen LogP contribution in [0.15, 0.2) is 0 Å². The van der Waals surface area contributed by atoms with Gasteiger partial charge in [-0.2, -0.15) is 0 Å². The molecule has 7 nitrogen and oxygen atoms in total. The van der Waals surface area contributed by atoms with Gasteiger partial charge < -0.3 is 22.1 Å². The van der Waals surface area contributed by atoms with Crippen molar-refractivity contribution in [1.29, 1.82) is 0 Å². The zero-order chi connectivity index (χ0) is 15.0. The Morgan fingerprint density at radius 1 is 1.21 bits per heavy atom. The highest BCUT2D eigenvalue weighted by atomic mass is 16.2. The number of primary amides is 2. The van der Waals surface area contributed by atoms with Gasteiger partial charge in [0.15, 0.2) is 0 Å². The minimum Gasteiger partial charge on any atom is -0.368 e. The zero-order valence-electron chi connectivity index (χ0n) is 11.6. The van der Waals surface area contributed by atoms with E-state index in [9.17, 15) is 14.4 Å². The van der Waals surface area contributed by atoms with Crippen molar-refractivity contribution in [2.24, 2.45) is 17.2 Å². The summed E-state index contributed by atoms with van der Waals surface area (Å²) in [4.78, 5) is 33.7. The van der Waals surface area contributed by atoms with Crippen LogP contribution in [0.2, 0.25) is 0 Å². The van der Waals surface area contributed by atoms with Gasteiger partial charge >= 0.3 is 0 Å². The second kappa shape index (κ2) is 8.47. The van der Waals surface area contributed by atoms with E-state index < -0.39 is 17.9 Å². The molecule has 7 heteroatoms. The predicted octanol–water partition coefficient (Wildman–Crippen LogP) is -0.918. The lowest BCUT2D eigenvalue weighted by atomic mass is 10.2. The molecule has 19 heavy (non-hydrogen) atoms. The number of hydrogen-bond donors (Lipinski definition) is 3. The quantitative estimate of drug-likeness (QED) is 0.597. The van der Waals surface area contributed by atoms with E-state index in [4.69, 9.17) is 17.2 Å². The molecule has 0 aromatic carbocycles. The maximum absolute atomic E-state index is 11.2. The molecular formula is C12H24N4O3. The molecule has 0 aliphatic carbocycles. The average molecular weight is 272 g/mol. The SMILES string of the molecule is CC[C@H](C(N)=O)N1CCCC1=O.CC[C@H](N)C(N)=O. The summed E-state index contributed by atoms with van der Waals surface area (Å²) in [6.45, 7) is 4.36. The first kappa shape index (κ1) is 17.4. The highest BCUT2D eigenvalue weighted by Crippen LogP contribution is 2.15. The standard InChI is InChI=1S/C8H14N2O2.C4H10N2O/c1-2-6(8(9)12)10-5-3-4-7(10)11;1-2-3(5)4(6)7/h6H,2-5H2,1H3,(H2,9,12);3H,2,5H2,1H3,(H2,6,7)/t6-;3-/m10/s1. The molecule has 1 aliphatic rings. The maximum atomic E-state index is 11.2. The molecule has 0 radical (unpaired) electrons. The molecular weight excluding hydrogens is 248 g/mol. The van der Waals surface area contributed by atoms with E-state index in [1.165, 1.54) is 0 Å². The number of amides is 3. The molecule has 0 saturated carbocycles. The van der Waals surface area contributed by atoms with Gasteiger partial charge in [0.1, 0.15) is 6.04 Å². The molecule has 110 valence electrons. The Morgan fingerprint density at radius 2 is 1.79 bits per heavy atom. The van der Waals surface area contributed by atoms with Gasteiger partial charge in [-0.25, -0.2) is 0 Å². The summed E-state index contributed by atoms with van der Waals surface area (Å²) < 4.78 is 0. The second-order valence-corrected chi connectivity index (χ2v) is 4.43. The van der Waals surface area contributed by atoms with E-state index >= 15 is 0 Å². The van der Waals surface area contributed by atoms with E-state index in [1.54, 1.807) is 4.90 Å². The molecule has 1 saturated heterocycles. The van der Waals surface area contributed by atoms with E-state index in [2.05, 4.69) is 0 Å². The Kier molecular flexibility index (Phi) is 7.74. The van der Waals surface area contributed by atoms with Gasteiger partial charge in [-0.05, 0) is 19.3 Å². The zero-order valence-corrected chi connectivity index (χ0v) is 11.6. The minimum atomic E-state index is -0.458. The van der Waals surface area contributed by atoms with E-state index in [0.717, 1.165) is 6.42 Å². The predicted molar refractivity (Wildman–Crippen MR) is 71.7 cm³/mol. The van der Waals surface area contributed by atoms with Gasteiger partial charge in [-0.1, -0.05) is 13.8 Å². The first-order valence-corrected chi connectivity index (χ1v) is 6.48. The van der Waals surface area contributed by atoms with E-state index in [-0.39, 0.29) is 11.9 Å². The first-order valence-electron chi connectivity index (χ1n) is 6.48. The Balaban J connectivity index is 0.000000399. The number of rotatable bonds is 5. The third kappa shape index (κ3) is 5.69. The van der Waals surface area contributed by atoms with Crippen LogP contribution >= 0.6 is 0 Å². The Bertz CT molecular complexity index is 333. The van der Waals surface area contributed by atoms with Crippen LogP contribution in [0.3, 0.4) is 0 Å². The molecule has 1 rings (SSSR count). The lowest BCUT2D eigenvalue weighted by Crippen LogP contribution is -2.44. The van der Waals surface area contributed by atoms with Gasteiger partial charge in [0.25, 0.3) is 0 Å². The summed E-state index contributed by atoms with van der Waals surface area (Å²) in [7, 11) is 0. The highest BCUT2D eigenvalue weighted by Gasteiger charge is 2.29. The van der Waals surface area contributed by atoms with Gasteiger partial charge in [0, 0.05) is 13.0 Å². The summed E-state index contributed by atoms with van der Waals surface area (Å²) in [5.74, 6) is -0.768. The van der Waals surface area contributed by atoms with Crippen molar-refractivity contribution < 1.29 is 14.4 Å². The van der Waals surface area contributed by atoms with Gasteiger partial charge in [-0.3, -0.25) is 14.4 Å². The van der Waals surface area contributed by atoms with Crippen LogP contribution in [-0.2, 0) is 14.4 Å². The number of nitrogens with zero attached hydrogens (tertiary/aromatic N) is 1. The van der Waals surface area contributed by atoms with Crippen molar-refractivity contribution in [2.45, 2.75) is 51.6 Å². The number of carbonyl (C=O) groups is 3. The van der Waals surface area contributed by atoms with Crippen molar-refractivity contribution in [2.75, 3.05) is 6.54 Å². The fourth-order valence-electron chi connectivity index (χ4n) is 1.77. The minimum absolute atomic E-state index is 0.0562. The molecule has 1 aliphatic heterocycles. The largest absolute Gasteiger partial charge is 0.368 e. The van der Waals surface area contributed by atoms with Crippen molar-refractivity contribution >= 4 is 17.7 Å². The molecule has 6 N–H and O–H groups in total. The smallest absolute Gasteiger partial charge is 0.240 e. The molecule has 0 unspecified atom stereocenters. The van der Waals surface area contributed by atoms with Crippen LogP contribution in [-0.4, -0.2) is 41.2 Å². The lowest BCUT2D eigenvalue weighted by Gasteiger charge is -2.23. The fraction of sp³-hybridized carbons (Fsp3) is 0.750. The second-order valence-electron chi connectivity index (χ2n) is 4.43. The van der Waals surface area contributed by atoms with Gasteiger partial charge in [0.2, 0.25) is 17.7 Å². The molecule has 1 heterocycles. The Hall–Kier alpha value is -1.63. The summed E-state index contributed by atoms with van der Waals surface area (Å²) >= 11 is 0. The van der Waals surface area contributed by atoms with E-state index in [0.29, 0.717) is 25.8 Å². The van der Waals surface area contributed by atoms with Crippen LogP contribution in [0, 0.1) is 0 Å². The summed E-state index contributed by atoms with van der Waals surface area (Å²) in [5.41, 5.74) is 15.1. The van der Waals surface area contributed by atoms with Gasteiger partial charge in [-0.15, -0.1) is 0 Å². The van der Waals surface area contributed by atoms with Crippen LogP contribution < -0.4 is 17.2 Å². The molecule has 3 amide bonds. The van der Waals surface area contributed by atoms with Crippen LogP contribution in [0.4, 0.5) is 0 Å². The van der Waals surface area contributed by atoms with Crippen LogP contribution in [0.5, 0.6) is 0 Å². The monoisotopic (exact) mass is 272 g/mol. The first-order chi connectivity index (χ1) is 8.84. The van der Waals surface area contributed by atoms with Crippen LogP contribution in [0.1, 0.15) is 39.5 Å². The van der Waals surface area contributed by atoms with Gasteiger partial charge in [0.05, 0.1) is 6.04 Å². The maximum Gasteiger partial charge on any atom is 0.240 e. The number of nitrogens with two attached hydrogens (primary N) is 3. The Labute approximate surface area is 113 Å². The van der Waals surface area contributed by atoms with Crippen molar-refractivity contribution in [3.8, 4) is 0 Å². The molecule has 0 aromatic heterocycles.